The SMILES string of the molecule is c1ccc2c(-c3ccc4c([nH]c5ccccc54)c3-c3cccc4oc5ccccc5c34)cccc2c1. The maximum absolute atomic E-state index is 6.29. The van der Waals surface area contributed by atoms with Crippen molar-refractivity contribution in [3.8, 4) is 22.3 Å². The summed E-state index contributed by atoms with van der Waals surface area (Å²) in [6, 6.07) is 43.1. The van der Waals surface area contributed by atoms with Crippen LogP contribution >= 0.6 is 0 Å². The Morgan fingerprint density at radius 1 is 0.444 bits per heavy atom. The Bertz CT molecular complexity index is 2100. The fraction of sp³-hybridized carbons (Fsp3) is 0. The van der Waals surface area contributed by atoms with E-state index in [9.17, 15) is 0 Å². The van der Waals surface area contributed by atoms with Gasteiger partial charge >= 0.3 is 0 Å². The third kappa shape index (κ3) is 2.67. The Hall–Kier alpha value is -4.82. The zero-order valence-corrected chi connectivity index (χ0v) is 19.5. The summed E-state index contributed by atoms with van der Waals surface area (Å²) >= 11 is 0. The van der Waals surface area contributed by atoms with Gasteiger partial charge in [-0.15, -0.1) is 0 Å². The zero-order chi connectivity index (χ0) is 23.6. The Morgan fingerprint density at radius 3 is 2.08 bits per heavy atom. The molecule has 0 aliphatic heterocycles. The summed E-state index contributed by atoms with van der Waals surface area (Å²) in [6.45, 7) is 0. The smallest absolute Gasteiger partial charge is 0.136 e. The van der Waals surface area contributed by atoms with Gasteiger partial charge in [-0.3, -0.25) is 0 Å². The van der Waals surface area contributed by atoms with Crippen LogP contribution in [0.3, 0.4) is 0 Å². The molecular formula is C34H21NO. The quantitative estimate of drug-likeness (QED) is 0.274. The number of hydrogen-bond donors (Lipinski definition) is 1. The van der Waals surface area contributed by atoms with Crippen molar-refractivity contribution in [2.24, 2.45) is 0 Å². The zero-order valence-electron chi connectivity index (χ0n) is 19.5. The van der Waals surface area contributed by atoms with E-state index in [4.69, 9.17) is 4.42 Å². The van der Waals surface area contributed by atoms with Crippen molar-refractivity contribution in [1.82, 2.24) is 4.98 Å². The number of hydrogen-bond acceptors (Lipinski definition) is 1. The lowest BCUT2D eigenvalue weighted by molar-refractivity contribution is 0.669. The second kappa shape index (κ2) is 7.34. The van der Waals surface area contributed by atoms with Crippen LogP contribution in [0.15, 0.2) is 126 Å². The Morgan fingerprint density at radius 2 is 1.14 bits per heavy atom. The summed E-state index contributed by atoms with van der Waals surface area (Å²) in [4.78, 5) is 3.78. The minimum Gasteiger partial charge on any atom is -0.456 e. The number of furan rings is 1. The van der Waals surface area contributed by atoms with Crippen LogP contribution in [0, 0.1) is 0 Å². The number of aromatic nitrogens is 1. The molecule has 8 aromatic rings. The number of benzene rings is 6. The van der Waals surface area contributed by atoms with Gasteiger partial charge in [-0.1, -0.05) is 103 Å². The third-order valence-electron chi connectivity index (χ3n) is 7.43. The first-order valence-electron chi connectivity index (χ1n) is 12.3. The summed E-state index contributed by atoms with van der Waals surface area (Å²) in [5, 5.41) is 7.25. The van der Waals surface area contributed by atoms with Crippen LogP contribution in [0.1, 0.15) is 0 Å². The lowest BCUT2D eigenvalue weighted by atomic mass is 9.88. The first-order chi connectivity index (χ1) is 17.9. The number of nitrogens with one attached hydrogen (secondary N) is 1. The molecule has 6 aromatic carbocycles. The molecule has 0 spiro atoms. The number of rotatable bonds is 2. The van der Waals surface area contributed by atoms with Crippen molar-refractivity contribution in [2.45, 2.75) is 0 Å². The normalized spacial score (nSPS) is 11.9. The van der Waals surface area contributed by atoms with E-state index in [0.717, 1.165) is 33.0 Å². The highest BCUT2D eigenvalue weighted by molar-refractivity contribution is 6.21. The van der Waals surface area contributed by atoms with Gasteiger partial charge in [-0.05, 0) is 45.7 Å². The minimum atomic E-state index is 0.908. The predicted octanol–water partition coefficient (Wildman–Crippen LogP) is 9.71. The maximum atomic E-state index is 6.29. The number of aromatic amines is 1. The molecule has 0 saturated heterocycles. The average molecular weight is 460 g/mol. The monoisotopic (exact) mass is 459 g/mol. The van der Waals surface area contributed by atoms with E-state index in [1.807, 2.05) is 12.1 Å². The van der Waals surface area contributed by atoms with Gasteiger partial charge in [-0.2, -0.15) is 0 Å². The van der Waals surface area contributed by atoms with E-state index in [1.54, 1.807) is 0 Å². The molecule has 36 heavy (non-hydrogen) atoms. The molecule has 0 amide bonds. The minimum absolute atomic E-state index is 0.908. The first kappa shape index (κ1) is 19.5. The van der Waals surface area contributed by atoms with Crippen molar-refractivity contribution in [1.29, 1.82) is 0 Å². The summed E-state index contributed by atoms with van der Waals surface area (Å²) < 4.78 is 6.29. The van der Waals surface area contributed by atoms with E-state index >= 15 is 0 Å². The lowest BCUT2D eigenvalue weighted by Gasteiger charge is -2.15. The first-order valence-corrected chi connectivity index (χ1v) is 12.3. The number of H-pyrrole nitrogens is 1. The molecule has 0 bridgehead atoms. The topological polar surface area (TPSA) is 28.9 Å². The second-order valence-corrected chi connectivity index (χ2v) is 9.38. The average Bonchev–Trinajstić information content (AvgIpc) is 3.51. The summed E-state index contributed by atoms with van der Waals surface area (Å²) in [6.07, 6.45) is 0. The molecule has 0 saturated carbocycles. The van der Waals surface area contributed by atoms with E-state index in [-0.39, 0.29) is 0 Å². The van der Waals surface area contributed by atoms with Crippen LogP contribution in [0.25, 0.3) is 76.8 Å². The van der Waals surface area contributed by atoms with Crippen molar-refractivity contribution < 1.29 is 4.42 Å². The fourth-order valence-corrected chi connectivity index (χ4v) is 5.87. The van der Waals surface area contributed by atoms with Gasteiger partial charge in [0.15, 0.2) is 0 Å². The molecule has 2 heterocycles. The van der Waals surface area contributed by atoms with Crippen molar-refractivity contribution in [2.75, 3.05) is 0 Å². The predicted molar refractivity (Wildman–Crippen MR) is 151 cm³/mol. The molecule has 8 rings (SSSR count). The van der Waals surface area contributed by atoms with E-state index in [2.05, 4.69) is 114 Å². The van der Waals surface area contributed by atoms with Gasteiger partial charge in [-0.25, -0.2) is 0 Å². The molecule has 168 valence electrons. The standard InChI is InChI=1S/C34H21NO/c1-2-11-22-21(9-1)10-7-14-23(22)25-19-20-26-24-12-3-5-16-29(24)35-34(26)33(25)28-15-8-18-31-32(28)27-13-4-6-17-30(27)36-31/h1-20,35H. The molecule has 2 heteroatoms. The lowest BCUT2D eigenvalue weighted by Crippen LogP contribution is -1.90. The van der Waals surface area contributed by atoms with Gasteiger partial charge in [0.1, 0.15) is 11.2 Å². The molecule has 0 unspecified atom stereocenters. The van der Waals surface area contributed by atoms with E-state index in [1.165, 1.54) is 43.8 Å². The van der Waals surface area contributed by atoms with Crippen molar-refractivity contribution >= 4 is 54.5 Å². The Balaban J connectivity index is 1.59. The van der Waals surface area contributed by atoms with Crippen LogP contribution in [0.5, 0.6) is 0 Å². The van der Waals surface area contributed by atoms with Crippen molar-refractivity contribution in [3.63, 3.8) is 0 Å². The fourth-order valence-electron chi connectivity index (χ4n) is 5.87. The molecule has 2 aromatic heterocycles. The van der Waals surface area contributed by atoms with Crippen LogP contribution < -0.4 is 0 Å². The molecule has 0 fully saturated rings. The number of fused-ring (bicyclic) bond motifs is 7. The number of para-hydroxylation sites is 2. The molecule has 0 aliphatic rings. The van der Waals surface area contributed by atoms with Gasteiger partial charge in [0.2, 0.25) is 0 Å². The molecule has 0 atom stereocenters. The highest BCUT2D eigenvalue weighted by Gasteiger charge is 2.20. The molecular weight excluding hydrogens is 438 g/mol. The molecule has 1 N–H and O–H groups in total. The highest BCUT2D eigenvalue weighted by Crippen LogP contribution is 2.46. The van der Waals surface area contributed by atoms with E-state index in [0.29, 0.717) is 0 Å². The van der Waals surface area contributed by atoms with Gasteiger partial charge in [0.25, 0.3) is 0 Å². The van der Waals surface area contributed by atoms with Crippen LogP contribution in [0.4, 0.5) is 0 Å². The van der Waals surface area contributed by atoms with Gasteiger partial charge in [0.05, 0.1) is 5.52 Å². The largest absolute Gasteiger partial charge is 0.456 e. The van der Waals surface area contributed by atoms with Gasteiger partial charge < -0.3 is 9.40 Å². The van der Waals surface area contributed by atoms with Crippen LogP contribution in [0.2, 0.25) is 0 Å². The summed E-state index contributed by atoms with van der Waals surface area (Å²) in [7, 11) is 0. The Labute approximate surface area is 207 Å². The van der Waals surface area contributed by atoms with Crippen LogP contribution in [-0.2, 0) is 0 Å². The van der Waals surface area contributed by atoms with Crippen LogP contribution in [-0.4, -0.2) is 4.98 Å². The maximum Gasteiger partial charge on any atom is 0.136 e. The van der Waals surface area contributed by atoms with Crippen molar-refractivity contribution in [3.05, 3.63) is 121 Å². The molecule has 0 radical (unpaired) electrons. The third-order valence-corrected chi connectivity index (χ3v) is 7.43. The summed E-state index contributed by atoms with van der Waals surface area (Å²) in [5.74, 6) is 0. The molecule has 0 aliphatic carbocycles. The Kier molecular flexibility index (Phi) is 3.97. The van der Waals surface area contributed by atoms with E-state index < -0.39 is 0 Å². The highest BCUT2D eigenvalue weighted by atomic mass is 16.3. The van der Waals surface area contributed by atoms with Gasteiger partial charge in [0, 0.05) is 32.6 Å². The summed E-state index contributed by atoms with van der Waals surface area (Å²) in [5.41, 5.74) is 8.94. The second-order valence-electron chi connectivity index (χ2n) is 9.38. The molecule has 2 nitrogen and oxygen atoms in total.